The number of carbonyl (C=O) groups excluding carboxylic acids is 1. The molecule has 0 saturated heterocycles. The maximum absolute atomic E-state index is 11.5. The van der Waals surface area contributed by atoms with Crippen LogP contribution >= 0.6 is 0 Å². The first-order valence-corrected chi connectivity index (χ1v) is 6.32. The third kappa shape index (κ3) is 6.18. The van der Waals surface area contributed by atoms with Crippen LogP contribution in [0.1, 0.15) is 39.2 Å². The highest BCUT2D eigenvalue weighted by atomic mass is 16.5. The van der Waals surface area contributed by atoms with Crippen molar-refractivity contribution in [1.82, 2.24) is 0 Å². The predicted molar refractivity (Wildman–Crippen MR) is 73.8 cm³/mol. The number of amides is 1. The van der Waals surface area contributed by atoms with Crippen molar-refractivity contribution in [3.63, 3.8) is 0 Å². The van der Waals surface area contributed by atoms with Crippen LogP contribution in [0.3, 0.4) is 0 Å². The molecule has 0 bridgehead atoms. The molecule has 0 aliphatic heterocycles. The lowest BCUT2D eigenvalue weighted by Crippen LogP contribution is -2.04. The quantitative estimate of drug-likeness (QED) is 0.731. The lowest BCUT2D eigenvalue weighted by molar-refractivity contribution is 0.150. The van der Waals surface area contributed by atoms with Crippen molar-refractivity contribution in [2.75, 3.05) is 0 Å². The predicted octanol–water partition coefficient (Wildman–Crippen LogP) is 4.22. The van der Waals surface area contributed by atoms with E-state index in [0.717, 1.165) is 24.1 Å². The van der Waals surface area contributed by atoms with Crippen LogP contribution in [0.5, 0.6) is 0 Å². The monoisotopic (exact) mass is 247 g/mol. The molecule has 3 heteroatoms. The van der Waals surface area contributed by atoms with Crippen molar-refractivity contribution in [2.45, 2.75) is 40.2 Å². The van der Waals surface area contributed by atoms with Crippen LogP contribution in [-0.4, -0.2) is 11.8 Å². The molecule has 0 aliphatic rings. The van der Waals surface area contributed by atoms with Crippen LogP contribution in [0.2, 0.25) is 0 Å². The maximum Gasteiger partial charge on any atom is 0.433 e. The van der Waals surface area contributed by atoms with E-state index in [1.54, 1.807) is 0 Å². The zero-order valence-electron chi connectivity index (χ0n) is 11.3. The van der Waals surface area contributed by atoms with Crippen molar-refractivity contribution in [1.29, 1.82) is 0 Å². The molecular formula is C15H21NO2. The first-order valence-electron chi connectivity index (χ1n) is 6.32. The normalized spacial score (nSPS) is 11.7. The van der Waals surface area contributed by atoms with Gasteiger partial charge >= 0.3 is 6.09 Å². The summed E-state index contributed by atoms with van der Waals surface area (Å²) >= 11 is 0. The van der Waals surface area contributed by atoms with Crippen LogP contribution in [0.25, 0.3) is 0 Å². The molecule has 98 valence electrons. The van der Waals surface area contributed by atoms with E-state index in [4.69, 9.17) is 4.74 Å². The number of hydrogen-bond acceptors (Lipinski definition) is 2. The summed E-state index contributed by atoms with van der Waals surface area (Å²) in [5, 5.41) is 0. The second-order valence-corrected chi connectivity index (χ2v) is 4.82. The highest BCUT2D eigenvalue weighted by Gasteiger charge is 2.03. The Hall–Kier alpha value is -1.64. The van der Waals surface area contributed by atoms with Gasteiger partial charge in [-0.3, -0.25) is 0 Å². The highest BCUT2D eigenvalue weighted by Crippen LogP contribution is 2.06. The summed E-state index contributed by atoms with van der Waals surface area (Å²) in [6.45, 7) is 6.45. The first kappa shape index (κ1) is 14.4. The van der Waals surface area contributed by atoms with Gasteiger partial charge in [-0.1, -0.05) is 44.2 Å². The molecular weight excluding hydrogens is 226 g/mol. The summed E-state index contributed by atoms with van der Waals surface area (Å²) in [4.78, 5) is 15.4. The van der Waals surface area contributed by atoms with Crippen molar-refractivity contribution in [2.24, 2.45) is 10.9 Å². The van der Waals surface area contributed by atoms with Crippen molar-refractivity contribution < 1.29 is 9.53 Å². The molecule has 0 aliphatic carbocycles. The SMILES string of the molecule is CC(CCC(C)C)=NC(=O)OCc1ccccc1. The Morgan fingerprint density at radius 1 is 1.28 bits per heavy atom. The lowest BCUT2D eigenvalue weighted by atomic mass is 10.1. The molecule has 0 saturated carbocycles. The van der Waals surface area contributed by atoms with Gasteiger partial charge < -0.3 is 4.74 Å². The van der Waals surface area contributed by atoms with E-state index < -0.39 is 6.09 Å². The number of carbonyl (C=O) groups is 1. The fourth-order valence-electron chi connectivity index (χ4n) is 1.46. The Morgan fingerprint density at radius 3 is 2.56 bits per heavy atom. The van der Waals surface area contributed by atoms with E-state index in [0.29, 0.717) is 5.92 Å². The van der Waals surface area contributed by atoms with E-state index in [-0.39, 0.29) is 6.61 Å². The third-order valence-corrected chi connectivity index (χ3v) is 2.57. The van der Waals surface area contributed by atoms with Gasteiger partial charge in [0.1, 0.15) is 6.61 Å². The van der Waals surface area contributed by atoms with Gasteiger partial charge in [-0.2, -0.15) is 4.99 Å². The largest absolute Gasteiger partial charge is 0.443 e. The van der Waals surface area contributed by atoms with Crippen LogP contribution in [0.4, 0.5) is 4.79 Å². The van der Waals surface area contributed by atoms with Crippen molar-refractivity contribution in [3.05, 3.63) is 35.9 Å². The maximum atomic E-state index is 11.5. The number of rotatable bonds is 5. The smallest absolute Gasteiger partial charge is 0.433 e. The molecule has 1 aromatic carbocycles. The number of nitrogens with zero attached hydrogens (tertiary/aromatic N) is 1. The van der Waals surface area contributed by atoms with Crippen LogP contribution in [0, 0.1) is 5.92 Å². The molecule has 1 rings (SSSR count). The van der Waals surface area contributed by atoms with Crippen molar-refractivity contribution in [3.8, 4) is 0 Å². The molecule has 0 heterocycles. The Bertz CT molecular complexity index is 396. The van der Waals surface area contributed by atoms with Gasteiger partial charge in [-0.25, -0.2) is 4.79 Å². The van der Waals surface area contributed by atoms with Gasteiger partial charge in [0.25, 0.3) is 0 Å². The fourth-order valence-corrected chi connectivity index (χ4v) is 1.46. The minimum atomic E-state index is -0.500. The molecule has 0 aromatic heterocycles. The number of hydrogen-bond donors (Lipinski definition) is 0. The van der Waals surface area contributed by atoms with Gasteiger partial charge in [-0.15, -0.1) is 0 Å². The van der Waals surface area contributed by atoms with E-state index in [1.165, 1.54) is 0 Å². The van der Waals surface area contributed by atoms with Gasteiger partial charge in [-0.05, 0) is 31.2 Å². The average molecular weight is 247 g/mol. The summed E-state index contributed by atoms with van der Waals surface area (Å²) in [6, 6.07) is 9.60. The van der Waals surface area contributed by atoms with E-state index in [9.17, 15) is 4.79 Å². The highest BCUT2D eigenvalue weighted by molar-refractivity contribution is 5.91. The summed E-state index contributed by atoms with van der Waals surface area (Å²) in [6.07, 6.45) is 1.39. The zero-order valence-corrected chi connectivity index (χ0v) is 11.3. The summed E-state index contributed by atoms with van der Waals surface area (Å²) < 4.78 is 5.08. The van der Waals surface area contributed by atoms with Gasteiger partial charge in [0.15, 0.2) is 0 Å². The van der Waals surface area contributed by atoms with Gasteiger partial charge in [0.2, 0.25) is 0 Å². The van der Waals surface area contributed by atoms with Crippen LogP contribution < -0.4 is 0 Å². The first-order chi connectivity index (χ1) is 8.58. The van der Waals surface area contributed by atoms with E-state index in [2.05, 4.69) is 18.8 Å². The molecule has 0 atom stereocenters. The molecule has 1 amide bonds. The summed E-state index contributed by atoms with van der Waals surface area (Å²) in [5.74, 6) is 0.621. The second-order valence-electron chi connectivity index (χ2n) is 4.82. The number of benzene rings is 1. The summed E-state index contributed by atoms with van der Waals surface area (Å²) in [5.41, 5.74) is 1.81. The molecule has 1 aromatic rings. The summed E-state index contributed by atoms with van der Waals surface area (Å²) in [7, 11) is 0. The lowest BCUT2D eigenvalue weighted by Gasteiger charge is -2.04. The Balaban J connectivity index is 2.35. The molecule has 0 fully saturated rings. The van der Waals surface area contributed by atoms with Crippen LogP contribution in [0.15, 0.2) is 35.3 Å². The average Bonchev–Trinajstić information content (AvgIpc) is 2.35. The Kier molecular flexibility index (Phi) is 6.12. The zero-order chi connectivity index (χ0) is 13.4. The van der Waals surface area contributed by atoms with Gasteiger partial charge in [0, 0.05) is 5.71 Å². The fraction of sp³-hybridized carbons (Fsp3) is 0.467. The standard InChI is InChI=1S/C15H21NO2/c1-12(2)9-10-13(3)16-15(17)18-11-14-7-5-4-6-8-14/h4-8,12H,9-11H2,1-3H3. The second kappa shape index (κ2) is 7.64. The van der Waals surface area contributed by atoms with Crippen LogP contribution in [-0.2, 0) is 11.3 Å². The van der Waals surface area contributed by atoms with E-state index in [1.807, 2.05) is 37.3 Å². The topological polar surface area (TPSA) is 38.7 Å². The third-order valence-electron chi connectivity index (χ3n) is 2.57. The van der Waals surface area contributed by atoms with Gasteiger partial charge in [0.05, 0.1) is 0 Å². The molecule has 18 heavy (non-hydrogen) atoms. The Morgan fingerprint density at radius 2 is 1.94 bits per heavy atom. The molecule has 3 nitrogen and oxygen atoms in total. The van der Waals surface area contributed by atoms with Crippen molar-refractivity contribution >= 4 is 11.8 Å². The minimum Gasteiger partial charge on any atom is -0.443 e. The Labute approximate surface area is 109 Å². The molecule has 0 unspecified atom stereocenters. The number of aliphatic imine (C=N–C) groups is 1. The number of ether oxygens (including phenoxy) is 1. The minimum absolute atomic E-state index is 0.278. The molecule has 0 radical (unpaired) electrons. The van der Waals surface area contributed by atoms with E-state index >= 15 is 0 Å². The molecule has 0 spiro atoms. The molecule has 0 N–H and O–H groups in total.